The summed E-state index contributed by atoms with van der Waals surface area (Å²) in [5, 5.41) is 9.28. The third-order valence-electron chi connectivity index (χ3n) is 5.12. The van der Waals surface area contributed by atoms with Crippen molar-refractivity contribution in [1.29, 1.82) is 0 Å². The number of benzene rings is 2. The first-order chi connectivity index (χ1) is 15.7. The van der Waals surface area contributed by atoms with Crippen LogP contribution in [0, 0.1) is 0 Å². The van der Waals surface area contributed by atoms with Crippen molar-refractivity contribution < 1.29 is 24.2 Å². The third-order valence-corrected chi connectivity index (χ3v) is 5.12. The Bertz CT molecular complexity index is 1180. The maximum absolute atomic E-state index is 13.3. The molecule has 0 aliphatic carbocycles. The molecule has 0 radical (unpaired) electrons. The second-order valence-corrected chi connectivity index (χ2v) is 7.49. The molecule has 0 fully saturated rings. The van der Waals surface area contributed by atoms with E-state index < -0.39 is 17.8 Å². The molecule has 2 aromatic carbocycles. The monoisotopic (exact) mass is 447 g/mol. The van der Waals surface area contributed by atoms with Crippen LogP contribution in [0.2, 0.25) is 0 Å². The summed E-state index contributed by atoms with van der Waals surface area (Å²) in [5.41, 5.74) is 8.16. The third kappa shape index (κ3) is 5.02. The smallest absolute Gasteiger partial charge is 0.335 e. The topological polar surface area (TPSA) is 113 Å². The predicted octanol–water partition coefficient (Wildman–Crippen LogP) is 3.17. The molecule has 3 N–H and O–H groups in total. The molecule has 0 aromatic heterocycles. The van der Waals surface area contributed by atoms with E-state index in [9.17, 15) is 19.5 Å². The van der Waals surface area contributed by atoms with Crippen molar-refractivity contribution in [2.24, 2.45) is 5.73 Å². The van der Waals surface area contributed by atoms with E-state index in [4.69, 9.17) is 10.5 Å². The van der Waals surface area contributed by atoms with Gasteiger partial charge < -0.3 is 14.7 Å². The van der Waals surface area contributed by atoms with E-state index in [0.29, 0.717) is 5.57 Å². The molecule has 0 unspecified atom stereocenters. The molecule has 0 atom stereocenters. The minimum absolute atomic E-state index is 0.0488. The van der Waals surface area contributed by atoms with Gasteiger partial charge in [-0.05, 0) is 48.9 Å². The number of rotatable bonds is 7. The van der Waals surface area contributed by atoms with Gasteiger partial charge in [-0.1, -0.05) is 30.4 Å². The van der Waals surface area contributed by atoms with Gasteiger partial charge in [0.05, 0.1) is 11.3 Å². The van der Waals surface area contributed by atoms with Crippen molar-refractivity contribution in [2.45, 2.75) is 6.92 Å². The van der Waals surface area contributed by atoms with Crippen molar-refractivity contribution in [2.75, 3.05) is 30.6 Å². The first kappa shape index (κ1) is 23.5. The van der Waals surface area contributed by atoms with Gasteiger partial charge in [-0.25, -0.2) is 9.69 Å². The number of carboxylic acid groups (broad SMARTS) is 1. The van der Waals surface area contributed by atoms with E-state index in [0.717, 1.165) is 16.2 Å². The van der Waals surface area contributed by atoms with Gasteiger partial charge >= 0.3 is 11.9 Å². The lowest BCUT2D eigenvalue weighted by Crippen LogP contribution is -2.44. The maximum atomic E-state index is 13.3. The first-order valence-corrected chi connectivity index (χ1v) is 10.2. The number of ether oxygens (including phenoxy) is 1. The highest BCUT2D eigenvalue weighted by atomic mass is 16.5. The highest BCUT2D eigenvalue weighted by Crippen LogP contribution is 2.30. The van der Waals surface area contributed by atoms with Crippen LogP contribution in [0.15, 0.2) is 77.6 Å². The molecule has 1 heterocycles. The fourth-order valence-electron chi connectivity index (χ4n) is 3.36. The van der Waals surface area contributed by atoms with Crippen molar-refractivity contribution in [3.8, 4) is 0 Å². The van der Waals surface area contributed by atoms with Crippen LogP contribution in [0.3, 0.4) is 0 Å². The van der Waals surface area contributed by atoms with Crippen LogP contribution in [0.1, 0.15) is 22.8 Å². The molecule has 1 aliphatic rings. The fraction of sp³-hybridized carbons (Fsp3) is 0.160. The molecular weight excluding hydrogens is 422 g/mol. The molecule has 170 valence electrons. The summed E-state index contributed by atoms with van der Waals surface area (Å²) in [5.74, 6) is -2.52. The SMILES string of the molecule is CC1=C(OCN)C(=O)N(c2cccc(C(=O)O)c2)C(=O)/C1=C\C=C\c1ccc(N(C)C)cc1. The predicted molar refractivity (Wildman–Crippen MR) is 127 cm³/mol. The Kier molecular flexibility index (Phi) is 7.10. The zero-order valence-corrected chi connectivity index (χ0v) is 18.6. The fourth-order valence-corrected chi connectivity index (χ4v) is 3.36. The molecule has 0 saturated carbocycles. The average molecular weight is 447 g/mol. The number of allylic oxidation sites excluding steroid dienone is 2. The Labute approximate surface area is 191 Å². The van der Waals surface area contributed by atoms with Crippen LogP contribution in [-0.4, -0.2) is 43.7 Å². The Morgan fingerprint density at radius 2 is 1.82 bits per heavy atom. The van der Waals surface area contributed by atoms with Crippen molar-refractivity contribution >= 4 is 35.2 Å². The van der Waals surface area contributed by atoms with Crippen LogP contribution in [0.25, 0.3) is 6.08 Å². The van der Waals surface area contributed by atoms with Gasteiger partial charge in [0, 0.05) is 30.9 Å². The zero-order valence-electron chi connectivity index (χ0n) is 18.6. The van der Waals surface area contributed by atoms with Gasteiger partial charge in [0.15, 0.2) is 5.76 Å². The van der Waals surface area contributed by atoms with Gasteiger partial charge in [0.1, 0.15) is 6.73 Å². The van der Waals surface area contributed by atoms with Gasteiger partial charge in [0.2, 0.25) is 0 Å². The lowest BCUT2D eigenvalue weighted by atomic mass is 9.98. The molecule has 8 nitrogen and oxygen atoms in total. The van der Waals surface area contributed by atoms with Gasteiger partial charge in [-0.2, -0.15) is 0 Å². The molecule has 0 saturated heterocycles. The summed E-state index contributed by atoms with van der Waals surface area (Å²) >= 11 is 0. The van der Waals surface area contributed by atoms with Crippen molar-refractivity contribution in [1.82, 2.24) is 0 Å². The molecule has 2 aromatic rings. The molecular formula is C25H25N3O5. The summed E-state index contributed by atoms with van der Waals surface area (Å²) in [4.78, 5) is 40.5. The van der Waals surface area contributed by atoms with Crippen LogP contribution in [0.4, 0.5) is 11.4 Å². The number of imide groups is 1. The molecule has 8 heteroatoms. The Balaban J connectivity index is 2.00. The number of carboxylic acids is 1. The highest BCUT2D eigenvalue weighted by molar-refractivity contribution is 6.29. The molecule has 2 amide bonds. The number of nitrogens with two attached hydrogens (primary N) is 1. The molecule has 0 spiro atoms. The second kappa shape index (κ2) is 9.97. The van der Waals surface area contributed by atoms with Gasteiger partial charge in [-0.3, -0.25) is 15.3 Å². The number of carbonyl (C=O) groups excluding carboxylic acids is 2. The van der Waals surface area contributed by atoms with Crippen LogP contribution < -0.4 is 15.5 Å². The van der Waals surface area contributed by atoms with Crippen molar-refractivity contribution in [3.05, 3.63) is 88.7 Å². The Morgan fingerprint density at radius 3 is 2.42 bits per heavy atom. The number of aromatic carboxylic acids is 1. The summed E-state index contributed by atoms with van der Waals surface area (Å²) < 4.78 is 5.34. The van der Waals surface area contributed by atoms with Gasteiger partial charge in [0.25, 0.3) is 5.91 Å². The average Bonchev–Trinajstić information content (AvgIpc) is 2.79. The standard InChI is InChI=1S/C25H25N3O5/c1-16-21(9-4-6-17-10-12-19(13-11-17)27(2)3)23(29)28(24(30)22(16)33-15-26)20-8-5-7-18(14-20)25(31)32/h4-14H,15,26H2,1-3H3,(H,31,32)/b6-4+,21-9-. The molecule has 0 bridgehead atoms. The molecule has 33 heavy (non-hydrogen) atoms. The second-order valence-electron chi connectivity index (χ2n) is 7.49. The van der Waals surface area contributed by atoms with Crippen LogP contribution in [-0.2, 0) is 14.3 Å². The molecule has 3 rings (SSSR count). The lowest BCUT2D eigenvalue weighted by molar-refractivity contribution is -0.125. The number of amides is 2. The van der Waals surface area contributed by atoms with E-state index in [-0.39, 0.29) is 29.3 Å². The number of hydrogen-bond acceptors (Lipinski definition) is 6. The summed E-state index contributed by atoms with van der Waals surface area (Å²) in [7, 11) is 3.92. The quantitative estimate of drug-likeness (QED) is 0.381. The van der Waals surface area contributed by atoms with E-state index in [1.165, 1.54) is 24.3 Å². The number of carbonyl (C=O) groups is 3. The van der Waals surface area contributed by atoms with E-state index >= 15 is 0 Å². The first-order valence-electron chi connectivity index (χ1n) is 10.2. The molecule has 1 aliphatic heterocycles. The Hall–Kier alpha value is -4.17. The summed E-state index contributed by atoms with van der Waals surface area (Å²) in [6.45, 7) is 1.36. The number of nitrogens with zero attached hydrogens (tertiary/aromatic N) is 2. The normalized spacial score (nSPS) is 15.5. The van der Waals surface area contributed by atoms with Crippen LogP contribution in [0.5, 0.6) is 0 Å². The summed E-state index contributed by atoms with van der Waals surface area (Å²) in [6, 6.07) is 13.5. The zero-order chi connectivity index (χ0) is 24.1. The van der Waals surface area contributed by atoms with E-state index in [1.807, 2.05) is 49.3 Å². The lowest BCUT2D eigenvalue weighted by Gasteiger charge is -2.29. The minimum Gasteiger partial charge on any atom is -0.478 e. The highest BCUT2D eigenvalue weighted by Gasteiger charge is 2.37. The summed E-state index contributed by atoms with van der Waals surface area (Å²) in [6.07, 6.45) is 5.14. The largest absolute Gasteiger partial charge is 0.478 e. The van der Waals surface area contributed by atoms with Gasteiger partial charge in [-0.15, -0.1) is 0 Å². The van der Waals surface area contributed by atoms with Crippen LogP contribution >= 0.6 is 0 Å². The number of hydrogen-bond donors (Lipinski definition) is 2. The van der Waals surface area contributed by atoms with Crippen molar-refractivity contribution in [3.63, 3.8) is 0 Å². The number of anilines is 2. The Morgan fingerprint density at radius 1 is 1.12 bits per heavy atom. The van der Waals surface area contributed by atoms with E-state index in [1.54, 1.807) is 19.1 Å². The minimum atomic E-state index is -1.17. The van der Waals surface area contributed by atoms with E-state index in [2.05, 4.69) is 0 Å². The maximum Gasteiger partial charge on any atom is 0.335 e.